The van der Waals surface area contributed by atoms with E-state index in [1.165, 1.54) is 0 Å². The number of amidine groups is 1. The second-order valence-electron chi connectivity index (χ2n) is 8.45. The molecule has 0 saturated carbocycles. The van der Waals surface area contributed by atoms with Crippen molar-refractivity contribution < 1.29 is 14.3 Å². The van der Waals surface area contributed by atoms with E-state index in [9.17, 15) is 4.79 Å². The summed E-state index contributed by atoms with van der Waals surface area (Å²) in [5.74, 6) is 0.853. The molecule has 4 aromatic rings. The topological polar surface area (TPSA) is 109 Å². The molecule has 5 N–H and O–H groups in total. The molecule has 0 aliphatic rings. The first-order chi connectivity index (χ1) is 18.0. The van der Waals surface area contributed by atoms with Crippen molar-refractivity contribution in [1.29, 1.82) is 5.41 Å². The number of benzene rings is 4. The Morgan fingerprint density at radius 3 is 1.84 bits per heavy atom. The Morgan fingerprint density at radius 2 is 1.32 bits per heavy atom. The van der Waals surface area contributed by atoms with Crippen molar-refractivity contribution in [2.75, 3.05) is 19.5 Å². The van der Waals surface area contributed by atoms with Gasteiger partial charge in [-0.15, -0.1) is 0 Å². The lowest BCUT2D eigenvalue weighted by Crippen LogP contribution is -2.36. The van der Waals surface area contributed by atoms with E-state index in [0.717, 1.165) is 11.1 Å². The summed E-state index contributed by atoms with van der Waals surface area (Å²) in [6.45, 7) is 0. The van der Waals surface area contributed by atoms with E-state index < -0.39 is 6.04 Å². The summed E-state index contributed by atoms with van der Waals surface area (Å²) in [6, 6.07) is 31.1. The normalized spacial score (nSPS) is 11.4. The van der Waals surface area contributed by atoms with Gasteiger partial charge in [-0.25, -0.2) is 0 Å². The number of amides is 1. The average molecular weight is 495 g/mol. The highest BCUT2D eigenvalue weighted by Gasteiger charge is 2.26. The number of nitrogens with two attached hydrogens (primary N) is 1. The number of anilines is 1. The molecule has 0 heterocycles. The van der Waals surface area contributed by atoms with E-state index in [4.69, 9.17) is 20.6 Å². The van der Waals surface area contributed by atoms with Crippen molar-refractivity contribution in [3.05, 3.63) is 125 Å². The average Bonchev–Trinajstić information content (AvgIpc) is 2.95. The number of hydrogen-bond donors (Lipinski definition) is 4. The van der Waals surface area contributed by atoms with E-state index in [2.05, 4.69) is 10.6 Å². The van der Waals surface area contributed by atoms with Crippen LogP contribution in [0.15, 0.2) is 103 Å². The van der Waals surface area contributed by atoms with Crippen LogP contribution >= 0.6 is 0 Å². The van der Waals surface area contributed by atoms with Gasteiger partial charge in [-0.2, -0.15) is 0 Å². The molecule has 0 radical (unpaired) electrons. The molecule has 1 atom stereocenters. The van der Waals surface area contributed by atoms with Gasteiger partial charge in [-0.3, -0.25) is 10.2 Å². The van der Waals surface area contributed by atoms with Crippen LogP contribution in [0.1, 0.15) is 34.3 Å². The summed E-state index contributed by atoms with van der Waals surface area (Å²) in [6.07, 6.45) is 0. The van der Waals surface area contributed by atoms with Crippen molar-refractivity contribution in [1.82, 2.24) is 5.32 Å². The lowest BCUT2D eigenvalue weighted by molar-refractivity contribution is -0.122. The molecule has 1 unspecified atom stereocenters. The van der Waals surface area contributed by atoms with Gasteiger partial charge in [0.2, 0.25) is 5.91 Å². The van der Waals surface area contributed by atoms with Crippen molar-refractivity contribution >= 4 is 17.4 Å². The third kappa shape index (κ3) is 6.08. The van der Waals surface area contributed by atoms with Crippen LogP contribution in [0.25, 0.3) is 0 Å². The van der Waals surface area contributed by atoms with Gasteiger partial charge in [-0.1, -0.05) is 66.7 Å². The van der Waals surface area contributed by atoms with Crippen LogP contribution in [0.2, 0.25) is 0 Å². The minimum absolute atomic E-state index is 0.0192. The summed E-state index contributed by atoms with van der Waals surface area (Å²) in [5, 5.41) is 14.2. The zero-order chi connectivity index (χ0) is 26.2. The number of carbonyl (C=O) groups excluding carboxylic acids is 1. The summed E-state index contributed by atoms with van der Waals surface area (Å²) >= 11 is 0. The first-order valence-electron chi connectivity index (χ1n) is 11.8. The van der Waals surface area contributed by atoms with E-state index in [1.807, 2.05) is 66.7 Å². The van der Waals surface area contributed by atoms with E-state index in [0.29, 0.717) is 28.3 Å². The molecule has 4 aromatic carbocycles. The molecule has 0 aromatic heterocycles. The molecule has 4 rings (SSSR count). The zero-order valence-corrected chi connectivity index (χ0v) is 20.8. The fourth-order valence-corrected chi connectivity index (χ4v) is 4.12. The highest BCUT2D eigenvalue weighted by molar-refractivity contribution is 5.95. The monoisotopic (exact) mass is 494 g/mol. The van der Waals surface area contributed by atoms with Gasteiger partial charge in [0.25, 0.3) is 0 Å². The first kappa shape index (κ1) is 25.3. The number of ether oxygens (including phenoxy) is 2. The molecule has 0 spiro atoms. The van der Waals surface area contributed by atoms with Crippen molar-refractivity contribution in [2.45, 2.75) is 12.1 Å². The molecular formula is C30H30N4O3. The lowest BCUT2D eigenvalue weighted by Gasteiger charge is -2.26. The third-order valence-electron chi connectivity index (χ3n) is 6.06. The molecule has 0 bridgehead atoms. The Bertz CT molecular complexity index is 1300. The maximum atomic E-state index is 13.9. The van der Waals surface area contributed by atoms with Crippen molar-refractivity contribution in [2.24, 2.45) is 5.73 Å². The van der Waals surface area contributed by atoms with Crippen molar-refractivity contribution in [3.63, 3.8) is 0 Å². The molecule has 1 amide bonds. The fraction of sp³-hybridized carbons (Fsp3) is 0.133. The van der Waals surface area contributed by atoms with Crippen LogP contribution < -0.4 is 25.8 Å². The second-order valence-corrected chi connectivity index (χ2v) is 8.45. The largest absolute Gasteiger partial charge is 0.493 e. The highest BCUT2D eigenvalue weighted by Crippen LogP contribution is 2.32. The third-order valence-corrected chi connectivity index (χ3v) is 6.06. The summed E-state index contributed by atoms with van der Waals surface area (Å²) in [4.78, 5) is 13.9. The van der Waals surface area contributed by atoms with Crippen molar-refractivity contribution in [3.8, 4) is 11.5 Å². The predicted molar refractivity (Wildman–Crippen MR) is 146 cm³/mol. The quantitative estimate of drug-likeness (QED) is 0.182. The Kier molecular flexibility index (Phi) is 8.05. The number of rotatable bonds is 10. The maximum Gasteiger partial charge on any atom is 0.247 e. The summed E-state index contributed by atoms with van der Waals surface area (Å²) in [7, 11) is 3.13. The molecule has 0 saturated heterocycles. The minimum Gasteiger partial charge on any atom is -0.493 e. The number of hydrogen-bond acceptors (Lipinski definition) is 5. The first-order valence-corrected chi connectivity index (χ1v) is 11.8. The Morgan fingerprint density at radius 1 is 0.757 bits per heavy atom. The molecule has 7 heteroatoms. The van der Waals surface area contributed by atoms with Crippen LogP contribution in [0.3, 0.4) is 0 Å². The van der Waals surface area contributed by atoms with Crippen LogP contribution in [0.4, 0.5) is 5.69 Å². The molecule has 7 nitrogen and oxygen atoms in total. The zero-order valence-electron chi connectivity index (χ0n) is 20.8. The predicted octanol–water partition coefficient (Wildman–Crippen LogP) is 5.05. The number of nitrogen functional groups attached to an aromatic ring is 1. The molecule has 0 fully saturated rings. The molecular weight excluding hydrogens is 464 g/mol. The fourth-order valence-electron chi connectivity index (χ4n) is 4.12. The van der Waals surface area contributed by atoms with Crippen LogP contribution in [-0.4, -0.2) is 26.0 Å². The Labute approximate surface area is 216 Å². The van der Waals surface area contributed by atoms with Crippen LogP contribution in [0, 0.1) is 5.41 Å². The second kappa shape index (κ2) is 11.8. The van der Waals surface area contributed by atoms with Gasteiger partial charge >= 0.3 is 0 Å². The molecule has 37 heavy (non-hydrogen) atoms. The Hall–Kier alpha value is -4.78. The van der Waals surface area contributed by atoms with Gasteiger partial charge in [0, 0.05) is 11.3 Å². The SMILES string of the molecule is COc1ccc(C(Nc2ccc(C(=N)N)cc2)C(=O)NC(c2ccccc2)c2ccccc2)cc1OC. The summed E-state index contributed by atoms with van der Waals surface area (Å²) in [5.41, 5.74) is 9.55. The van der Waals surface area contributed by atoms with E-state index >= 15 is 0 Å². The smallest absolute Gasteiger partial charge is 0.247 e. The highest BCUT2D eigenvalue weighted by atomic mass is 16.5. The number of methoxy groups -OCH3 is 2. The molecule has 0 aliphatic heterocycles. The lowest BCUT2D eigenvalue weighted by atomic mass is 9.97. The van der Waals surface area contributed by atoms with E-state index in [1.54, 1.807) is 50.6 Å². The van der Waals surface area contributed by atoms with Gasteiger partial charge in [-0.05, 0) is 53.1 Å². The van der Waals surface area contributed by atoms with Gasteiger partial charge in [0.15, 0.2) is 11.5 Å². The van der Waals surface area contributed by atoms with Gasteiger partial charge in [0.1, 0.15) is 11.9 Å². The van der Waals surface area contributed by atoms with E-state index in [-0.39, 0.29) is 17.8 Å². The maximum absolute atomic E-state index is 13.9. The molecule has 188 valence electrons. The summed E-state index contributed by atoms with van der Waals surface area (Å²) < 4.78 is 10.9. The van der Waals surface area contributed by atoms with Gasteiger partial charge < -0.3 is 25.8 Å². The standard InChI is InChI=1S/C30H30N4O3/c1-36-25-18-15-23(19-26(25)37-2)28(33-24-16-13-22(14-17-24)29(31)32)30(35)34-27(20-9-5-3-6-10-20)21-11-7-4-8-12-21/h3-19,27-28,33H,1-2H3,(H3,31,32)(H,34,35). The minimum atomic E-state index is -0.752. The number of nitrogens with one attached hydrogen (secondary N) is 3. The van der Waals surface area contributed by atoms with Gasteiger partial charge in [0.05, 0.1) is 20.3 Å². The van der Waals surface area contributed by atoms with Crippen LogP contribution in [0.5, 0.6) is 11.5 Å². The Balaban J connectivity index is 1.71. The van der Waals surface area contributed by atoms with Crippen LogP contribution in [-0.2, 0) is 4.79 Å². The molecule has 0 aliphatic carbocycles. The number of carbonyl (C=O) groups is 1.